The molecule has 0 aliphatic carbocycles. The number of ether oxygens (including phenoxy) is 2. The summed E-state index contributed by atoms with van der Waals surface area (Å²) in [6.07, 6.45) is -10.7. The maximum atomic E-state index is 13.4. The smallest absolute Gasteiger partial charge is 0.386 e. The van der Waals surface area contributed by atoms with Gasteiger partial charge >= 0.3 is 13.6 Å². The lowest BCUT2D eigenvalue weighted by molar-refractivity contribution is -0.125. The Bertz CT molecular complexity index is 1430. The molecular weight excluding hydrogens is 698 g/mol. The van der Waals surface area contributed by atoms with E-state index in [-0.39, 0.29) is 11.9 Å². The second kappa shape index (κ2) is 11.7. The molecule has 0 saturated carbocycles. The third-order valence-corrected chi connectivity index (χ3v) is 11.2. The van der Waals surface area contributed by atoms with Crippen molar-refractivity contribution in [1.82, 2.24) is 20.4 Å². The number of rotatable bonds is 2. The van der Waals surface area contributed by atoms with Crippen LogP contribution in [0.4, 0.5) is 0 Å². The van der Waals surface area contributed by atoms with Gasteiger partial charge in [0.1, 0.15) is 36.6 Å². The van der Waals surface area contributed by atoms with Crippen molar-refractivity contribution in [3.63, 3.8) is 0 Å². The monoisotopic (exact) mass is 726 g/mol. The number of nitrogens with zero attached hydrogens (tertiary/aromatic N) is 6. The van der Waals surface area contributed by atoms with Gasteiger partial charge in [0.2, 0.25) is 0 Å². The van der Waals surface area contributed by atoms with Crippen LogP contribution in [0.15, 0.2) is 20.0 Å². The minimum absolute atomic E-state index is 0.170. The van der Waals surface area contributed by atoms with Crippen LogP contribution >= 0.6 is 38.1 Å². The molecule has 6 unspecified atom stereocenters. The van der Waals surface area contributed by atoms with Gasteiger partial charge in [-0.15, -0.1) is 0 Å². The van der Waals surface area contributed by atoms with Crippen LogP contribution in [0.2, 0.25) is 0 Å². The highest BCUT2D eigenvalue weighted by Crippen LogP contribution is 2.59. The zero-order valence-electron chi connectivity index (χ0n) is 23.1. The standard InChI is InChI=1S/C20H28N10O12P2S2/c21-19-25-13-7(15(33)27-19)23-3-29(13)17-9(31)11-5(39-17)1-37-43(35,45)42-12-6(2-38-44(36,46)41-11)40-18(10(12)32)30-4-24-8-14(30)26-20(22)28-16(8)34/h3-14,17-18,31-32H,1-2H2,(H,35,45)(H,36,46)(H3,21,25,27,33)(H3,22,26,28,34)/t5-,6-,7?,8?,9-,10-,11-,12-,13?,14?,17-,18-,43?,44?/m1/s1. The number of amides is 2. The van der Waals surface area contributed by atoms with E-state index in [2.05, 4.69) is 55.1 Å². The fraction of sp³-hybridized carbons (Fsp3) is 0.700. The fourth-order valence-corrected chi connectivity index (χ4v) is 8.92. The largest absolute Gasteiger partial charge is 0.386 e. The maximum Gasteiger partial charge on any atom is 0.386 e. The van der Waals surface area contributed by atoms with E-state index in [1.165, 1.54) is 22.5 Å². The molecule has 0 spiro atoms. The molecule has 26 heteroatoms. The van der Waals surface area contributed by atoms with Crippen LogP contribution in [0.1, 0.15) is 0 Å². The predicted molar refractivity (Wildman–Crippen MR) is 160 cm³/mol. The van der Waals surface area contributed by atoms with E-state index in [1.807, 2.05) is 0 Å². The molecule has 3 fully saturated rings. The lowest BCUT2D eigenvalue weighted by Gasteiger charge is -2.33. The first-order chi connectivity index (χ1) is 21.7. The van der Waals surface area contributed by atoms with E-state index in [4.69, 9.17) is 39.0 Å². The summed E-state index contributed by atoms with van der Waals surface area (Å²) in [4.78, 5) is 43.8. The Morgan fingerprint density at radius 2 is 1.17 bits per heavy atom. The van der Waals surface area contributed by atoms with Crippen LogP contribution in [0.3, 0.4) is 0 Å². The second-order valence-corrected chi connectivity index (χ2v) is 16.7. The number of hydrogen-bond donors (Lipinski definition) is 8. The van der Waals surface area contributed by atoms with Crippen molar-refractivity contribution in [3.05, 3.63) is 0 Å². The van der Waals surface area contributed by atoms with E-state index in [9.17, 15) is 28.9 Å². The molecule has 252 valence electrons. The molecule has 14 atom stereocenters. The highest BCUT2D eigenvalue weighted by Gasteiger charge is 2.57. The number of aliphatic imine (C=N–C) groups is 4. The first-order valence-electron chi connectivity index (χ1n) is 13.6. The average Bonchev–Trinajstić information content (AvgIpc) is 3.72. The molecule has 3 saturated heterocycles. The minimum Gasteiger partial charge on any atom is -0.386 e. The summed E-state index contributed by atoms with van der Waals surface area (Å²) in [5.74, 6) is -1.38. The molecular formula is C20H28N10O12P2S2. The van der Waals surface area contributed by atoms with Crippen molar-refractivity contribution < 1.29 is 56.5 Å². The number of thiol groups is 2. The van der Waals surface area contributed by atoms with Crippen LogP contribution in [0.25, 0.3) is 0 Å². The minimum atomic E-state index is -4.34. The van der Waals surface area contributed by atoms with Gasteiger partial charge in [-0.3, -0.25) is 48.3 Å². The average molecular weight is 727 g/mol. The van der Waals surface area contributed by atoms with Gasteiger partial charge in [0.25, 0.3) is 11.8 Å². The van der Waals surface area contributed by atoms with Crippen molar-refractivity contribution in [2.45, 2.75) is 73.5 Å². The van der Waals surface area contributed by atoms with Gasteiger partial charge in [0.15, 0.2) is 48.8 Å². The van der Waals surface area contributed by atoms with Crippen LogP contribution in [0, 0.1) is 0 Å². The zero-order valence-corrected chi connectivity index (χ0v) is 26.7. The summed E-state index contributed by atoms with van der Waals surface area (Å²) in [5, 5.41) is 27.2. The molecule has 7 aliphatic rings. The number of hydrogen-bond acceptors (Lipinski definition) is 20. The Kier molecular flexibility index (Phi) is 8.17. The molecule has 0 bridgehead atoms. The second-order valence-electron chi connectivity index (χ2n) is 10.9. The highest BCUT2D eigenvalue weighted by atomic mass is 32.7. The summed E-state index contributed by atoms with van der Waals surface area (Å²) in [5.41, 5.74) is 11.4. The van der Waals surface area contributed by atoms with Crippen molar-refractivity contribution in [1.29, 1.82) is 0 Å². The lowest BCUT2D eigenvalue weighted by Crippen LogP contribution is -2.57. The molecule has 22 nitrogen and oxygen atoms in total. The summed E-state index contributed by atoms with van der Waals surface area (Å²) in [7, 11) is 0. The van der Waals surface area contributed by atoms with Gasteiger partial charge in [-0.25, -0.2) is 19.1 Å². The SMILES string of the molecule is NC1=NC2C(N=CN2[C@@H]2O[C@@H]3COP(=O)(S)O[C@H]4[C@@H](O)[C@H](N5C=NC6C(=O)NC(N)=NC65)O[C@@H]4COP(=O)(S)O[C@H]3[C@H]2O)C(=O)N1. The Morgan fingerprint density at radius 1 is 0.783 bits per heavy atom. The number of aliphatic hydroxyl groups is 2. The van der Waals surface area contributed by atoms with Crippen molar-refractivity contribution in [2.75, 3.05) is 13.2 Å². The van der Waals surface area contributed by atoms with Gasteiger partial charge in [0.05, 0.1) is 25.9 Å². The van der Waals surface area contributed by atoms with Crippen LogP contribution in [0.5, 0.6) is 0 Å². The molecule has 7 rings (SSSR count). The third kappa shape index (κ3) is 5.73. The summed E-state index contributed by atoms with van der Waals surface area (Å²) >= 11 is 8.11. The lowest BCUT2D eigenvalue weighted by atomic mass is 10.1. The van der Waals surface area contributed by atoms with E-state index in [1.54, 1.807) is 0 Å². The van der Waals surface area contributed by atoms with Crippen molar-refractivity contribution >= 4 is 74.5 Å². The Balaban J connectivity index is 1.11. The molecule has 2 amide bonds. The number of carbonyl (C=O) groups excluding carboxylic acids is 2. The molecule has 0 aromatic heterocycles. The normalized spacial score (nSPS) is 48.7. The Morgan fingerprint density at radius 3 is 1.57 bits per heavy atom. The van der Waals surface area contributed by atoms with Gasteiger partial charge in [-0.1, -0.05) is 24.5 Å². The van der Waals surface area contributed by atoms with E-state index in [0.29, 0.717) is 0 Å². The van der Waals surface area contributed by atoms with Gasteiger partial charge in [-0.05, 0) is 0 Å². The predicted octanol–water partition coefficient (Wildman–Crippen LogP) is -3.98. The summed E-state index contributed by atoms with van der Waals surface area (Å²) in [6, 6.07) is -1.96. The number of carbonyl (C=O) groups is 2. The molecule has 46 heavy (non-hydrogen) atoms. The number of guanidine groups is 2. The van der Waals surface area contributed by atoms with E-state index in [0.717, 1.165) is 0 Å². The number of fused-ring (bicyclic) bond motifs is 4. The number of aliphatic hydroxyl groups excluding tert-OH is 2. The van der Waals surface area contributed by atoms with Crippen LogP contribution in [-0.4, -0.2) is 143 Å². The topological polar surface area (TPSA) is 296 Å². The van der Waals surface area contributed by atoms with E-state index >= 15 is 0 Å². The van der Waals surface area contributed by atoms with E-state index < -0.39 is 112 Å². The van der Waals surface area contributed by atoms with Crippen molar-refractivity contribution in [2.24, 2.45) is 31.4 Å². The number of nitrogens with two attached hydrogens (primary N) is 2. The third-order valence-electron chi connectivity index (χ3n) is 8.00. The molecule has 7 aliphatic heterocycles. The number of nitrogens with one attached hydrogen (secondary N) is 2. The maximum absolute atomic E-state index is 13.4. The van der Waals surface area contributed by atoms with Crippen LogP contribution in [-0.2, 0) is 46.3 Å². The molecule has 0 radical (unpaired) electrons. The van der Waals surface area contributed by atoms with Crippen LogP contribution < -0.4 is 22.1 Å². The Hall–Kier alpha value is -2.34. The Labute approximate surface area is 269 Å². The first kappa shape index (κ1) is 32.2. The molecule has 8 N–H and O–H groups in total. The zero-order chi connectivity index (χ0) is 32.7. The molecule has 0 aromatic rings. The molecule has 0 aromatic carbocycles. The quantitative estimate of drug-likeness (QED) is 0.0994. The first-order valence-corrected chi connectivity index (χ1v) is 19.0. The molecule has 7 heterocycles. The van der Waals surface area contributed by atoms with Gasteiger partial charge in [-0.2, -0.15) is 0 Å². The summed E-state index contributed by atoms with van der Waals surface area (Å²) < 4.78 is 61.0. The van der Waals surface area contributed by atoms with Crippen molar-refractivity contribution in [3.8, 4) is 0 Å². The van der Waals surface area contributed by atoms with Gasteiger partial charge < -0.3 is 41.0 Å². The highest BCUT2D eigenvalue weighted by molar-refractivity contribution is 8.44. The summed E-state index contributed by atoms with van der Waals surface area (Å²) in [6.45, 7) is -9.87. The van der Waals surface area contributed by atoms with Gasteiger partial charge in [0, 0.05) is 0 Å². The fourth-order valence-electron chi connectivity index (χ4n) is 5.94.